The maximum Gasteiger partial charge on any atom is 0.261 e. The molecule has 4 aromatic carbocycles. The highest BCUT2D eigenvalue weighted by atomic mass is 32.1. The summed E-state index contributed by atoms with van der Waals surface area (Å²) in [6.07, 6.45) is 0.674. The van der Waals surface area contributed by atoms with Crippen LogP contribution >= 0.6 is 11.3 Å². The molecule has 0 aliphatic carbocycles. The monoisotopic (exact) mass is 533 g/mol. The average molecular weight is 534 g/mol. The molecule has 0 saturated carbocycles. The molecule has 0 saturated heterocycles. The van der Waals surface area contributed by atoms with Crippen molar-refractivity contribution in [2.24, 2.45) is 0 Å². The van der Waals surface area contributed by atoms with E-state index in [0.29, 0.717) is 18.1 Å². The van der Waals surface area contributed by atoms with Gasteiger partial charge in [0.25, 0.3) is 5.91 Å². The predicted molar refractivity (Wildman–Crippen MR) is 153 cm³/mol. The van der Waals surface area contributed by atoms with Crippen LogP contribution in [-0.2, 0) is 11.2 Å². The van der Waals surface area contributed by atoms with E-state index in [9.17, 15) is 14.0 Å². The van der Waals surface area contributed by atoms with E-state index in [2.05, 4.69) is 10.3 Å². The largest absolute Gasteiger partial charge is 0.308 e. The fourth-order valence-electron chi connectivity index (χ4n) is 4.98. The van der Waals surface area contributed by atoms with E-state index in [1.807, 2.05) is 84.2 Å². The molecule has 0 radical (unpaired) electrons. The summed E-state index contributed by atoms with van der Waals surface area (Å²) >= 11 is 1.37. The summed E-state index contributed by atoms with van der Waals surface area (Å²) in [6.45, 7) is 0.491. The number of hydrogen-bond acceptors (Lipinski definition) is 4. The number of carbonyl (C=O) groups is 2. The van der Waals surface area contributed by atoms with Crippen LogP contribution < -0.4 is 10.2 Å². The maximum absolute atomic E-state index is 14.2. The minimum absolute atomic E-state index is 0.0682. The number of hydrogen-bond donors (Lipinski definition) is 1. The number of nitrogens with one attached hydrogen (secondary N) is 1. The lowest BCUT2D eigenvalue weighted by molar-refractivity contribution is -0.116. The van der Waals surface area contributed by atoms with E-state index in [1.165, 1.54) is 23.5 Å². The highest BCUT2D eigenvalue weighted by Crippen LogP contribution is 2.35. The van der Waals surface area contributed by atoms with Gasteiger partial charge < -0.3 is 10.2 Å². The topological polar surface area (TPSA) is 62.3 Å². The highest BCUT2D eigenvalue weighted by molar-refractivity contribution is 7.14. The third-order valence-corrected chi connectivity index (χ3v) is 7.64. The lowest BCUT2D eigenvalue weighted by Gasteiger charge is -2.18. The molecule has 1 aliphatic rings. The lowest BCUT2D eigenvalue weighted by atomic mass is 9.90. The number of anilines is 2. The van der Waals surface area contributed by atoms with Crippen molar-refractivity contribution in [1.29, 1.82) is 0 Å². The van der Waals surface area contributed by atoms with Crippen molar-refractivity contribution in [3.8, 4) is 11.3 Å². The van der Waals surface area contributed by atoms with E-state index in [4.69, 9.17) is 0 Å². The summed E-state index contributed by atoms with van der Waals surface area (Å²) in [7, 11) is 0. The first-order chi connectivity index (χ1) is 19.1. The molecule has 192 valence electrons. The van der Waals surface area contributed by atoms with Crippen LogP contribution in [0.4, 0.5) is 15.2 Å². The van der Waals surface area contributed by atoms with Crippen molar-refractivity contribution in [3.05, 3.63) is 137 Å². The number of amides is 2. The van der Waals surface area contributed by atoms with Crippen LogP contribution in [0.15, 0.2) is 109 Å². The zero-order valence-corrected chi connectivity index (χ0v) is 21.7. The molecule has 2 heterocycles. The first-order valence-electron chi connectivity index (χ1n) is 12.6. The number of carbonyl (C=O) groups excluding carboxylic acids is 2. The number of aromatic nitrogens is 1. The van der Waals surface area contributed by atoms with Gasteiger partial charge in [-0.3, -0.25) is 9.59 Å². The molecule has 5 aromatic rings. The van der Waals surface area contributed by atoms with Gasteiger partial charge in [-0.2, -0.15) is 0 Å². The molecular weight excluding hydrogens is 509 g/mol. The summed E-state index contributed by atoms with van der Waals surface area (Å²) in [5, 5.41) is 5.44. The Morgan fingerprint density at radius 2 is 1.54 bits per heavy atom. The van der Waals surface area contributed by atoms with Gasteiger partial charge in [0.2, 0.25) is 5.91 Å². The molecule has 1 aliphatic heterocycles. The van der Waals surface area contributed by atoms with Crippen LogP contribution in [0.5, 0.6) is 0 Å². The van der Waals surface area contributed by atoms with Gasteiger partial charge in [-0.15, -0.1) is 11.3 Å². The molecule has 2 amide bonds. The van der Waals surface area contributed by atoms with Crippen molar-refractivity contribution < 1.29 is 14.0 Å². The molecule has 0 unspecified atom stereocenters. The SMILES string of the molecule is O=C(Nc1nc(-c2ccc3c(c2)CCN3C(=O)c2ccccc2F)cs1)C(c1ccccc1)c1ccccc1. The standard InChI is InChI=1S/C32H24FN3O2S/c33-26-14-8-7-13-25(26)31(38)36-18-17-24-19-23(15-16-28(24)36)27-20-39-32(34-27)35-30(37)29(21-9-3-1-4-10-21)22-11-5-2-6-12-22/h1-16,19-20,29H,17-18H2,(H,34,35,37). The molecule has 7 heteroatoms. The zero-order valence-electron chi connectivity index (χ0n) is 20.9. The molecule has 0 atom stereocenters. The van der Waals surface area contributed by atoms with Crippen LogP contribution in [-0.4, -0.2) is 23.3 Å². The van der Waals surface area contributed by atoms with Gasteiger partial charge in [0.1, 0.15) is 5.82 Å². The number of benzene rings is 4. The number of thiazole rings is 1. The molecule has 1 aromatic heterocycles. The Balaban J connectivity index is 1.21. The molecule has 0 spiro atoms. The van der Waals surface area contributed by atoms with Crippen molar-refractivity contribution >= 4 is 34.0 Å². The number of nitrogens with zero attached hydrogens (tertiary/aromatic N) is 2. The van der Waals surface area contributed by atoms with E-state index < -0.39 is 11.7 Å². The molecule has 6 rings (SSSR count). The molecule has 0 fully saturated rings. The van der Waals surface area contributed by atoms with E-state index in [1.54, 1.807) is 17.0 Å². The summed E-state index contributed by atoms with van der Waals surface area (Å²) in [6, 6.07) is 31.2. The van der Waals surface area contributed by atoms with E-state index in [-0.39, 0.29) is 17.4 Å². The van der Waals surface area contributed by atoms with Crippen molar-refractivity contribution in [2.45, 2.75) is 12.3 Å². The number of rotatable bonds is 6. The second-order valence-corrected chi connectivity index (χ2v) is 10.2. The third kappa shape index (κ3) is 4.96. The Hall–Kier alpha value is -4.62. The molecular formula is C32H24FN3O2S. The Bertz CT molecular complexity index is 1610. The quantitative estimate of drug-likeness (QED) is 0.258. The maximum atomic E-state index is 14.2. The minimum Gasteiger partial charge on any atom is -0.308 e. The van der Waals surface area contributed by atoms with Gasteiger partial charge >= 0.3 is 0 Å². The molecule has 1 N–H and O–H groups in total. The third-order valence-electron chi connectivity index (χ3n) is 6.88. The van der Waals surface area contributed by atoms with Gasteiger partial charge in [-0.05, 0) is 47.4 Å². The van der Waals surface area contributed by atoms with Gasteiger partial charge in [0.05, 0.1) is 17.2 Å². The predicted octanol–water partition coefficient (Wildman–Crippen LogP) is 6.92. The molecule has 0 bridgehead atoms. The van der Waals surface area contributed by atoms with E-state index >= 15 is 0 Å². The minimum atomic E-state index is -0.522. The van der Waals surface area contributed by atoms with Crippen LogP contribution in [0, 0.1) is 5.82 Å². The Kier molecular flexibility index (Phi) is 6.73. The lowest BCUT2D eigenvalue weighted by Crippen LogP contribution is -2.29. The van der Waals surface area contributed by atoms with Gasteiger partial charge in [0, 0.05) is 23.2 Å². The Morgan fingerprint density at radius 3 is 2.23 bits per heavy atom. The average Bonchev–Trinajstić information content (AvgIpc) is 3.61. The fraction of sp³-hybridized carbons (Fsp3) is 0.0938. The van der Waals surface area contributed by atoms with Crippen molar-refractivity contribution in [1.82, 2.24) is 4.98 Å². The summed E-state index contributed by atoms with van der Waals surface area (Å²) in [5.74, 6) is -1.47. The summed E-state index contributed by atoms with van der Waals surface area (Å²) in [4.78, 5) is 32.7. The van der Waals surface area contributed by atoms with Crippen LogP contribution in [0.25, 0.3) is 11.3 Å². The second kappa shape index (κ2) is 10.6. The first kappa shape index (κ1) is 24.7. The van der Waals surface area contributed by atoms with Gasteiger partial charge in [-0.25, -0.2) is 9.37 Å². The van der Waals surface area contributed by atoms with Gasteiger partial charge in [-0.1, -0.05) is 78.9 Å². The van der Waals surface area contributed by atoms with Crippen molar-refractivity contribution in [2.75, 3.05) is 16.8 Å². The second-order valence-electron chi connectivity index (χ2n) is 9.31. The zero-order chi connectivity index (χ0) is 26.8. The number of fused-ring (bicyclic) bond motifs is 1. The first-order valence-corrected chi connectivity index (χ1v) is 13.5. The van der Waals surface area contributed by atoms with Crippen LogP contribution in [0.1, 0.15) is 33.0 Å². The van der Waals surface area contributed by atoms with Crippen LogP contribution in [0.2, 0.25) is 0 Å². The highest BCUT2D eigenvalue weighted by Gasteiger charge is 2.28. The van der Waals surface area contributed by atoms with Gasteiger partial charge in [0.15, 0.2) is 5.13 Å². The van der Waals surface area contributed by atoms with Crippen LogP contribution in [0.3, 0.4) is 0 Å². The van der Waals surface area contributed by atoms with Crippen molar-refractivity contribution in [3.63, 3.8) is 0 Å². The Labute approximate surface area is 229 Å². The Morgan fingerprint density at radius 1 is 0.872 bits per heavy atom. The number of halogens is 1. The smallest absolute Gasteiger partial charge is 0.261 e. The summed E-state index contributed by atoms with van der Waals surface area (Å²) in [5.41, 5.74) is 5.31. The fourth-order valence-corrected chi connectivity index (χ4v) is 5.70. The summed E-state index contributed by atoms with van der Waals surface area (Å²) < 4.78 is 14.2. The normalized spacial score (nSPS) is 12.4. The van der Waals surface area contributed by atoms with E-state index in [0.717, 1.165) is 33.6 Å². The molecule has 5 nitrogen and oxygen atoms in total. The molecule has 39 heavy (non-hydrogen) atoms.